The number of hydrogen-bond donors (Lipinski definition) is 0. The molecular weight excluding hydrogens is 276 g/mol. The Bertz CT molecular complexity index is 775. The fourth-order valence-electron chi connectivity index (χ4n) is 2.41. The Kier molecular flexibility index (Phi) is 3.63. The second-order valence-electron chi connectivity index (χ2n) is 5.05. The summed E-state index contributed by atoms with van der Waals surface area (Å²) in [5.41, 5.74) is 2.67. The van der Waals surface area contributed by atoms with Gasteiger partial charge in [-0.1, -0.05) is 35.9 Å². The van der Waals surface area contributed by atoms with Gasteiger partial charge in [0.05, 0.1) is 11.8 Å². The van der Waals surface area contributed by atoms with Crippen molar-refractivity contribution in [3.8, 4) is 11.8 Å². The lowest BCUT2D eigenvalue weighted by molar-refractivity contribution is 0.207. The molecule has 1 unspecified atom stereocenters. The Balaban J connectivity index is 1.95. The number of carbonyl (C=O) groups excluding carboxylic acids is 1. The average Bonchev–Trinajstić information content (AvgIpc) is 2.54. The molecule has 0 fully saturated rings. The molecule has 1 aliphatic heterocycles. The van der Waals surface area contributed by atoms with Crippen LogP contribution in [0.1, 0.15) is 11.1 Å². The first kappa shape index (κ1) is 13.9. The average molecular weight is 290 g/mol. The minimum absolute atomic E-state index is 0.451. The summed E-state index contributed by atoms with van der Waals surface area (Å²) in [6.07, 6.45) is 3.00. The molecule has 0 spiro atoms. The largest absolute Gasteiger partial charge is 0.421 e. The molecule has 1 heterocycles. The lowest BCUT2D eigenvalue weighted by atomic mass is 10.0. The zero-order valence-electron chi connectivity index (χ0n) is 12.1. The van der Waals surface area contributed by atoms with Crippen molar-refractivity contribution in [1.82, 2.24) is 0 Å². The minimum atomic E-state index is -0.675. The minimum Gasteiger partial charge on any atom is -0.410 e. The first-order valence-corrected chi connectivity index (χ1v) is 6.93. The van der Waals surface area contributed by atoms with Crippen LogP contribution in [0.15, 0.2) is 54.6 Å². The van der Waals surface area contributed by atoms with Gasteiger partial charge in [0.1, 0.15) is 11.8 Å². The summed E-state index contributed by atoms with van der Waals surface area (Å²) in [5.74, 6) is 0.451. The van der Waals surface area contributed by atoms with Gasteiger partial charge in [-0.05, 0) is 42.8 Å². The van der Waals surface area contributed by atoms with E-state index in [2.05, 4.69) is 6.07 Å². The van der Waals surface area contributed by atoms with Crippen molar-refractivity contribution in [3.05, 3.63) is 65.7 Å². The van der Waals surface area contributed by atoms with Crippen LogP contribution in [-0.4, -0.2) is 12.1 Å². The number of hydrogen-bond acceptors (Lipinski definition) is 3. The van der Waals surface area contributed by atoms with Gasteiger partial charge in [-0.15, -0.1) is 0 Å². The number of rotatable bonds is 1. The summed E-state index contributed by atoms with van der Waals surface area (Å²) < 4.78 is 5.38. The van der Waals surface area contributed by atoms with Crippen LogP contribution in [0.3, 0.4) is 0 Å². The third-order valence-corrected chi connectivity index (χ3v) is 3.46. The topological polar surface area (TPSA) is 53.3 Å². The number of benzene rings is 2. The summed E-state index contributed by atoms with van der Waals surface area (Å²) in [5, 5.41) is 9.31. The smallest absolute Gasteiger partial charge is 0.410 e. The van der Waals surface area contributed by atoms with E-state index in [0.717, 1.165) is 11.1 Å². The van der Waals surface area contributed by atoms with Gasteiger partial charge in [-0.3, -0.25) is 4.90 Å². The fraction of sp³-hybridized carbons (Fsp3) is 0.111. The number of carbonyl (C=O) groups is 1. The standard InChI is InChI=1S/C18H14N2O2/c1-13-7-10-17-14(11-13)8-9-15(12-19)20(17)18(21)22-16-5-3-2-4-6-16/h2-11,15H,1H3. The van der Waals surface area contributed by atoms with Crippen LogP contribution in [0.25, 0.3) is 6.08 Å². The van der Waals surface area contributed by atoms with Gasteiger partial charge >= 0.3 is 6.09 Å². The van der Waals surface area contributed by atoms with Crippen LogP contribution in [0, 0.1) is 18.3 Å². The molecule has 1 aliphatic rings. The van der Waals surface area contributed by atoms with Crippen LogP contribution < -0.4 is 9.64 Å². The molecule has 0 radical (unpaired) electrons. The number of aryl methyl sites for hydroxylation is 1. The monoisotopic (exact) mass is 290 g/mol. The predicted octanol–water partition coefficient (Wildman–Crippen LogP) is 3.92. The molecule has 2 aromatic carbocycles. The van der Waals surface area contributed by atoms with Gasteiger partial charge in [-0.25, -0.2) is 4.79 Å². The molecular formula is C18H14N2O2. The molecule has 0 saturated heterocycles. The van der Waals surface area contributed by atoms with E-state index in [9.17, 15) is 10.1 Å². The van der Waals surface area contributed by atoms with E-state index in [-0.39, 0.29) is 0 Å². The van der Waals surface area contributed by atoms with E-state index >= 15 is 0 Å². The van der Waals surface area contributed by atoms with Gasteiger partial charge in [0.15, 0.2) is 0 Å². The van der Waals surface area contributed by atoms with Crippen LogP contribution in [0.4, 0.5) is 10.5 Å². The molecule has 1 atom stereocenters. The van der Waals surface area contributed by atoms with E-state index in [1.54, 1.807) is 30.3 Å². The number of fused-ring (bicyclic) bond motifs is 1. The lowest BCUT2D eigenvalue weighted by Gasteiger charge is -2.29. The van der Waals surface area contributed by atoms with Crippen molar-refractivity contribution in [2.24, 2.45) is 0 Å². The zero-order chi connectivity index (χ0) is 15.5. The maximum absolute atomic E-state index is 12.5. The van der Waals surface area contributed by atoms with E-state index < -0.39 is 12.1 Å². The maximum atomic E-state index is 12.5. The Morgan fingerprint density at radius 1 is 1.23 bits per heavy atom. The molecule has 2 aromatic rings. The molecule has 22 heavy (non-hydrogen) atoms. The van der Waals surface area contributed by atoms with Gasteiger partial charge in [0, 0.05) is 0 Å². The highest BCUT2D eigenvalue weighted by atomic mass is 16.6. The van der Waals surface area contributed by atoms with Crippen molar-refractivity contribution in [3.63, 3.8) is 0 Å². The highest BCUT2D eigenvalue weighted by Crippen LogP contribution is 2.30. The molecule has 4 nitrogen and oxygen atoms in total. The number of ether oxygens (including phenoxy) is 1. The van der Waals surface area contributed by atoms with E-state index in [4.69, 9.17) is 4.74 Å². The molecule has 108 valence electrons. The molecule has 3 rings (SSSR count). The van der Waals surface area contributed by atoms with Crippen LogP contribution in [0.5, 0.6) is 5.75 Å². The first-order chi connectivity index (χ1) is 10.7. The van der Waals surface area contributed by atoms with Crippen LogP contribution in [-0.2, 0) is 0 Å². The molecule has 0 aromatic heterocycles. The van der Waals surface area contributed by atoms with E-state index in [0.29, 0.717) is 11.4 Å². The Labute approximate surface area is 128 Å². The number of amides is 1. The summed E-state index contributed by atoms with van der Waals surface area (Å²) in [4.78, 5) is 13.9. The summed E-state index contributed by atoms with van der Waals surface area (Å²) in [7, 11) is 0. The maximum Gasteiger partial charge on any atom is 0.421 e. The van der Waals surface area contributed by atoms with Crippen molar-refractivity contribution in [2.75, 3.05) is 4.90 Å². The second-order valence-corrected chi connectivity index (χ2v) is 5.05. The third kappa shape index (κ3) is 2.57. The molecule has 4 heteroatoms. The van der Waals surface area contributed by atoms with Crippen molar-refractivity contribution >= 4 is 17.9 Å². The van der Waals surface area contributed by atoms with Crippen LogP contribution in [0.2, 0.25) is 0 Å². The summed E-state index contributed by atoms with van der Waals surface area (Å²) >= 11 is 0. The van der Waals surface area contributed by atoms with Crippen LogP contribution >= 0.6 is 0 Å². The Morgan fingerprint density at radius 2 is 2.00 bits per heavy atom. The SMILES string of the molecule is Cc1ccc2c(c1)C=CC(C#N)N2C(=O)Oc1ccccc1. The number of nitrogens with zero attached hydrogens (tertiary/aromatic N) is 2. The third-order valence-electron chi connectivity index (χ3n) is 3.46. The number of para-hydroxylation sites is 1. The van der Waals surface area contributed by atoms with Crippen molar-refractivity contribution < 1.29 is 9.53 Å². The van der Waals surface area contributed by atoms with E-state index in [1.165, 1.54) is 4.90 Å². The zero-order valence-corrected chi connectivity index (χ0v) is 12.1. The van der Waals surface area contributed by atoms with E-state index in [1.807, 2.05) is 37.3 Å². The summed E-state index contributed by atoms with van der Waals surface area (Å²) in [6, 6.07) is 16.0. The first-order valence-electron chi connectivity index (χ1n) is 6.93. The highest BCUT2D eigenvalue weighted by molar-refractivity contribution is 5.95. The molecule has 0 bridgehead atoms. The predicted molar refractivity (Wildman–Crippen MR) is 84.6 cm³/mol. The highest BCUT2D eigenvalue weighted by Gasteiger charge is 2.29. The Hall–Kier alpha value is -3.06. The fourth-order valence-corrected chi connectivity index (χ4v) is 2.41. The quantitative estimate of drug-likeness (QED) is 0.800. The molecule has 1 amide bonds. The van der Waals surface area contributed by atoms with Crippen molar-refractivity contribution in [2.45, 2.75) is 13.0 Å². The number of anilines is 1. The summed E-state index contributed by atoms with van der Waals surface area (Å²) in [6.45, 7) is 1.98. The molecule has 0 saturated carbocycles. The lowest BCUT2D eigenvalue weighted by Crippen LogP contribution is -2.42. The molecule has 0 N–H and O–H groups in total. The van der Waals surface area contributed by atoms with Gasteiger partial charge < -0.3 is 4.74 Å². The second kappa shape index (κ2) is 5.74. The normalized spacial score (nSPS) is 15.8. The Morgan fingerprint density at radius 3 is 2.73 bits per heavy atom. The van der Waals surface area contributed by atoms with Gasteiger partial charge in [0.25, 0.3) is 0 Å². The van der Waals surface area contributed by atoms with Gasteiger partial charge in [0.2, 0.25) is 0 Å². The van der Waals surface area contributed by atoms with Crippen molar-refractivity contribution in [1.29, 1.82) is 5.26 Å². The van der Waals surface area contributed by atoms with Gasteiger partial charge in [-0.2, -0.15) is 5.26 Å². The number of nitriles is 1. The molecule has 0 aliphatic carbocycles.